The van der Waals surface area contributed by atoms with Crippen molar-refractivity contribution in [3.63, 3.8) is 0 Å². The van der Waals surface area contributed by atoms with Crippen LogP contribution in [0, 0.1) is 5.92 Å². The third-order valence-corrected chi connectivity index (χ3v) is 3.38. The number of aromatic nitrogens is 2. The second-order valence-electron chi connectivity index (χ2n) is 4.63. The first-order valence-corrected chi connectivity index (χ1v) is 5.86. The highest BCUT2D eigenvalue weighted by Gasteiger charge is 2.31. The van der Waals surface area contributed by atoms with Crippen molar-refractivity contribution in [2.45, 2.75) is 13.0 Å². The lowest BCUT2D eigenvalue weighted by Gasteiger charge is -2.22. The van der Waals surface area contributed by atoms with E-state index in [2.05, 4.69) is 41.0 Å². The molecule has 2 atom stereocenters. The lowest BCUT2D eigenvalue weighted by atomic mass is 10.1. The first-order valence-electron chi connectivity index (χ1n) is 5.48. The van der Waals surface area contributed by atoms with Gasteiger partial charge in [0.25, 0.3) is 0 Å². The van der Waals surface area contributed by atoms with Crippen molar-refractivity contribution in [2.75, 3.05) is 32.1 Å². The second-order valence-corrected chi connectivity index (χ2v) is 5.01. The fourth-order valence-corrected chi connectivity index (χ4v) is 2.39. The molecule has 0 amide bonds. The summed E-state index contributed by atoms with van der Waals surface area (Å²) >= 11 is 5.73. The molecule has 0 N–H and O–H groups in total. The van der Waals surface area contributed by atoms with E-state index in [-0.39, 0.29) is 0 Å². The third kappa shape index (κ3) is 2.28. The lowest BCUT2D eigenvalue weighted by molar-refractivity contribution is 0.266. The Balaban J connectivity index is 2.10. The maximum Gasteiger partial charge on any atom is 0.151 e. The van der Waals surface area contributed by atoms with E-state index in [9.17, 15) is 0 Å². The van der Waals surface area contributed by atoms with Gasteiger partial charge < -0.3 is 9.80 Å². The molecule has 0 radical (unpaired) electrons. The van der Waals surface area contributed by atoms with E-state index in [0.29, 0.717) is 17.1 Å². The number of hydrogen-bond donors (Lipinski definition) is 0. The molecule has 16 heavy (non-hydrogen) atoms. The van der Waals surface area contributed by atoms with Crippen LogP contribution in [0.15, 0.2) is 12.1 Å². The van der Waals surface area contributed by atoms with Crippen molar-refractivity contribution in [1.29, 1.82) is 0 Å². The molecule has 2 unspecified atom stereocenters. The molecule has 1 aromatic heterocycles. The van der Waals surface area contributed by atoms with Gasteiger partial charge in [-0.05, 0) is 32.1 Å². The van der Waals surface area contributed by atoms with Crippen LogP contribution in [0.5, 0.6) is 0 Å². The van der Waals surface area contributed by atoms with Crippen LogP contribution in [0.4, 0.5) is 5.82 Å². The Hall–Kier alpha value is -0.870. The Bertz CT molecular complexity index is 352. The molecule has 4 nitrogen and oxygen atoms in total. The highest BCUT2D eigenvalue weighted by atomic mass is 35.5. The highest BCUT2D eigenvalue weighted by Crippen LogP contribution is 2.24. The molecule has 1 aromatic rings. The summed E-state index contributed by atoms with van der Waals surface area (Å²) in [6.45, 7) is 4.30. The van der Waals surface area contributed by atoms with Crippen molar-refractivity contribution >= 4 is 17.4 Å². The fraction of sp³-hybridized carbons (Fsp3) is 0.636. The summed E-state index contributed by atoms with van der Waals surface area (Å²) in [7, 11) is 4.25. The Morgan fingerprint density at radius 3 is 2.56 bits per heavy atom. The van der Waals surface area contributed by atoms with Gasteiger partial charge in [0.1, 0.15) is 0 Å². The van der Waals surface area contributed by atoms with Crippen LogP contribution in [0.3, 0.4) is 0 Å². The predicted molar refractivity (Wildman–Crippen MR) is 65.9 cm³/mol. The summed E-state index contributed by atoms with van der Waals surface area (Å²) < 4.78 is 0. The summed E-state index contributed by atoms with van der Waals surface area (Å²) in [5.74, 6) is 1.56. The van der Waals surface area contributed by atoms with E-state index in [1.54, 1.807) is 6.07 Å². The average molecular weight is 241 g/mol. The van der Waals surface area contributed by atoms with Crippen LogP contribution < -0.4 is 4.90 Å². The Labute approximate surface area is 101 Å². The van der Waals surface area contributed by atoms with Gasteiger partial charge >= 0.3 is 0 Å². The van der Waals surface area contributed by atoms with E-state index >= 15 is 0 Å². The Morgan fingerprint density at radius 2 is 2.06 bits per heavy atom. The molecular weight excluding hydrogens is 224 g/mol. The molecule has 2 rings (SSSR count). The molecule has 0 saturated carbocycles. The van der Waals surface area contributed by atoms with Gasteiger partial charge in [-0.1, -0.05) is 18.5 Å². The monoisotopic (exact) mass is 240 g/mol. The fourth-order valence-electron chi connectivity index (χ4n) is 2.29. The number of likely N-dealkylation sites (N-methyl/N-ethyl adjacent to an activating group) is 1. The molecule has 5 heteroatoms. The van der Waals surface area contributed by atoms with Gasteiger partial charge in [-0.2, -0.15) is 0 Å². The molecule has 1 fully saturated rings. The van der Waals surface area contributed by atoms with E-state index in [1.165, 1.54) is 0 Å². The first kappa shape index (κ1) is 11.6. The van der Waals surface area contributed by atoms with E-state index in [1.807, 2.05) is 6.07 Å². The largest absolute Gasteiger partial charge is 0.353 e. The lowest BCUT2D eigenvalue weighted by Crippen LogP contribution is -2.34. The quantitative estimate of drug-likeness (QED) is 0.785. The third-order valence-electron chi connectivity index (χ3n) is 3.18. The number of nitrogens with zero attached hydrogens (tertiary/aromatic N) is 4. The van der Waals surface area contributed by atoms with Gasteiger partial charge in [0.05, 0.1) is 0 Å². The summed E-state index contributed by atoms with van der Waals surface area (Å²) in [6.07, 6.45) is 0. The number of halogens is 1. The average Bonchev–Trinajstić information content (AvgIpc) is 2.61. The minimum absolute atomic E-state index is 0.445. The first-order chi connectivity index (χ1) is 7.58. The SMILES string of the molecule is CC1CN(c2ccc(Cl)nn2)CC1N(C)C. The minimum Gasteiger partial charge on any atom is -0.353 e. The topological polar surface area (TPSA) is 32.3 Å². The standard InChI is InChI=1S/C11H17ClN4/c1-8-6-16(7-9(8)15(2)3)11-5-4-10(12)13-14-11/h4-5,8-9H,6-7H2,1-3H3. The van der Waals surface area contributed by atoms with Crippen LogP contribution in [-0.2, 0) is 0 Å². The van der Waals surface area contributed by atoms with E-state index < -0.39 is 0 Å². The van der Waals surface area contributed by atoms with Gasteiger partial charge in [-0.3, -0.25) is 0 Å². The van der Waals surface area contributed by atoms with Crippen molar-refractivity contribution in [2.24, 2.45) is 5.92 Å². The van der Waals surface area contributed by atoms with Gasteiger partial charge in [0.2, 0.25) is 0 Å². The van der Waals surface area contributed by atoms with Gasteiger partial charge in [-0.15, -0.1) is 10.2 Å². The van der Waals surface area contributed by atoms with Crippen molar-refractivity contribution in [3.05, 3.63) is 17.3 Å². The number of hydrogen-bond acceptors (Lipinski definition) is 4. The molecule has 88 valence electrons. The maximum absolute atomic E-state index is 5.73. The zero-order valence-electron chi connectivity index (χ0n) is 9.89. The summed E-state index contributed by atoms with van der Waals surface area (Å²) in [4.78, 5) is 4.53. The summed E-state index contributed by atoms with van der Waals surface area (Å²) in [5.41, 5.74) is 0. The molecule has 1 aliphatic heterocycles. The Morgan fingerprint density at radius 1 is 1.31 bits per heavy atom. The molecule has 0 aromatic carbocycles. The van der Waals surface area contributed by atoms with Crippen molar-refractivity contribution in [1.82, 2.24) is 15.1 Å². The smallest absolute Gasteiger partial charge is 0.151 e. The maximum atomic E-state index is 5.73. The number of rotatable bonds is 2. The Kier molecular flexibility index (Phi) is 3.30. The van der Waals surface area contributed by atoms with Crippen LogP contribution in [-0.4, -0.2) is 48.3 Å². The van der Waals surface area contributed by atoms with Gasteiger partial charge in [0, 0.05) is 19.1 Å². The molecule has 0 aliphatic carbocycles. The van der Waals surface area contributed by atoms with Crippen molar-refractivity contribution in [3.8, 4) is 0 Å². The normalized spacial score (nSPS) is 25.4. The molecule has 2 heterocycles. The predicted octanol–water partition coefficient (Wildman–Crippen LogP) is 1.52. The molecular formula is C11H17ClN4. The van der Waals surface area contributed by atoms with E-state index in [4.69, 9.17) is 11.6 Å². The van der Waals surface area contributed by atoms with E-state index in [0.717, 1.165) is 18.9 Å². The summed E-state index contributed by atoms with van der Waals surface area (Å²) in [5, 5.41) is 8.44. The molecule has 0 bridgehead atoms. The highest BCUT2D eigenvalue weighted by molar-refractivity contribution is 6.29. The zero-order chi connectivity index (χ0) is 11.7. The van der Waals surface area contributed by atoms with Crippen LogP contribution in [0.25, 0.3) is 0 Å². The van der Waals surface area contributed by atoms with Crippen LogP contribution in [0.1, 0.15) is 6.92 Å². The minimum atomic E-state index is 0.445. The summed E-state index contributed by atoms with van der Waals surface area (Å²) in [6, 6.07) is 4.30. The van der Waals surface area contributed by atoms with Gasteiger partial charge in [0.15, 0.2) is 11.0 Å². The molecule has 0 spiro atoms. The second kappa shape index (κ2) is 4.55. The molecule has 1 aliphatic rings. The van der Waals surface area contributed by atoms with Crippen LogP contribution >= 0.6 is 11.6 Å². The van der Waals surface area contributed by atoms with Gasteiger partial charge in [-0.25, -0.2) is 0 Å². The van der Waals surface area contributed by atoms with Crippen LogP contribution in [0.2, 0.25) is 5.15 Å². The van der Waals surface area contributed by atoms with Crippen molar-refractivity contribution < 1.29 is 0 Å². The number of anilines is 1. The zero-order valence-corrected chi connectivity index (χ0v) is 10.6. The molecule has 1 saturated heterocycles.